The number of carbonyl (C=O) groups is 1. The van der Waals surface area contributed by atoms with Crippen molar-refractivity contribution in [1.82, 2.24) is 20.0 Å². The van der Waals surface area contributed by atoms with Gasteiger partial charge in [0.2, 0.25) is 0 Å². The van der Waals surface area contributed by atoms with Crippen LogP contribution >= 0.6 is 11.3 Å². The van der Waals surface area contributed by atoms with Crippen molar-refractivity contribution in [3.63, 3.8) is 0 Å². The highest BCUT2D eigenvalue weighted by molar-refractivity contribution is 7.10. The van der Waals surface area contributed by atoms with Gasteiger partial charge in [0.15, 0.2) is 0 Å². The summed E-state index contributed by atoms with van der Waals surface area (Å²) in [7, 11) is 1.78. The van der Waals surface area contributed by atoms with E-state index >= 15 is 0 Å². The van der Waals surface area contributed by atoms with Crippen molar-refractivity contribution in [2.75, 3.05) is 26.2 Å². The van der Waals surface area contributed by atoms with E-state index in [0.29, 0.717) is 30.2 Å². The molecule has 1 amide bonds. The molecule has 2 aromatic heterocycles. The fraction of sp³-hybridized carbons (Fsp3) is 0.556. The summed E-state index contributed by atoms with van der Waals surface area (Å²) in [6.07, 6.45) is 1.95. The third-order valence-corrected chi connectivity index (χ3v) is 6.44. The van der Waals surface area contributed by atoms with Crippen LogP contribution in [0.3, 0.4) is 0 Å². The van der Waals surface area contributed by atoms with Crippen LogP contribution in [0.25, 0.3) is 0 Å². The largest absolute Gasteiger partial charge is 0.376 e. The lowest BCUT2D eigenvalue weighted by atomic mass is 9.93. The monoisotopic (exact) mass is 360 g/mol. The van der Waals surface area contributed by atoms with Crippen molar-refractivity contribution in [2.45, 2.75) is 19.6 Å². The van der Waals surface area contributed by atoms with Gasteiger partial charge in [-0.2, -0.15) is 5.10 Å². The summed E-state index contributed by atoms with van der Waals surface area (Å²) in [4.78, 5) is 16.2. The van der Waals surface area contributed by atoms with E-state index in [9.17, 15) is 4.79 Å². The number of rotatable bonds is 5. The van der Waals surface area contributed by atoms with Crippen molar-refractivity contribution in [3.05, 3.63) is 39.8 Å². The standard InChI is InChI=1S/C18H24N4O2S/c1-12-4-6-25-17(12)10-22-8-14-13(11-24-16(14)9-22)7-19-18(23)15-3-5-20-21(15)2/h3-6,13-14,16H,7-11H2,1-2H3,(H,19,23)/t13-,14+,16+/m0/s1. The zero-order valence-corrected chi connectivity index (χ0v) is 15.5. The molecule has 2 aromatic rings. The predicted molar refractivity (Wildman–Crippen MR) is 96.6 cm³/mol. The lowest BCUT2D eigenvalue weighted by molar-refractivity contribution is 0.0899. The van der Waals surface area contributed by atoms with Gasteiger partial charge >= 0.3 is 0 Å². The van der Waals surface area contributed by atoms with E-state index in [1.165, 1.54) is 10.4 Å². The molecule has 4 heterocycles. The highest BCUT2D eigenvalue weighted by atomic mass is 32.1. The van der Waals surface area contributed by atoms with Crippen LogP contribution in [0.15, 0.2) is 23.7 Å². The second-order valence-corrected chi connectivity index (χ2v) is 8.07. The third-order valence-electron chi connectivity index (χ3n) is 5.43. The van der Waals surface area contributed by atoms with Gasteiger partial charge in [-0.05, 0) is 30.0 Å². The van der Waals surface area contributed by atoms with Gasteiger partial charge in [-0.25, -0.2) is 0 Å². The molecular weight excluding hydrogens is 336 g/mol. The number of hydrogen-bond acceptors (Lipinski definition) is 5. The summed E-state index contributed by atoms with van der Waals surface area (Å²) in [6.45, 7) is 6.64. The minimum absolute atomic E-state index is 0.0625. The molecule has 1 N–H and O–H groups in total. The maximum absolute atomic E-state index is 12.3. The lowest BCUT2D eigenvalue weighted by Gasteiger charge is -2.19. The molecule has 3 atom stereocenters. The number of aromatic nitrogens is 2. The summed E-state index contributed by atoms with van der Waals surface area (Å²) in [5.74, 6) is 0.830. The van der Waals surface area contributed by atoms with Gasteiger partial charge in [0.1, 0.15) is 5.69 Å². The molecule has 0 spiro atoms. The maximum atomic E-state index is 12.3. The van der Waals surface area contributed by atoms with Crippen LogP contribution in [0, 0.1) is 18.8 Å². The highest BCUT2D eigenvalue weighted by Crippen LogP contribution is 2.34. The Morgan fingerprint density at radius 3 is 3.04 bits per heavy atom. The smallest absolute Gasteiger partial charge is 0.269 e. The average molecular weight is 360 g/mol. The van der Waals surface area contributed by atoms with Crippen LogP contribution < -0.4 is 5.32 Å². The number of nitrogens with zero attached hydrogens (tertiary/aromatic N) is 3. The Kier molecular flexibility index (Phi) is 4.62. The number of nitrogens with one attached hydrogen (secondary N) is 1. The van der Waals surface area contributed by atoms with Crippen LogP contribution in [0.1, 0.15) is 20.9 Å². The first-order valence-corrected chi connectivity index (χ1v) is 9.63. The van der Waals surface area contributed by atoms with E-state index in [-0.39, 0.29) is 5.91 Å². The molecule has 25 heavy (non-hydrogen) atoms. The molecule has 0 bridgehead atoms. The third kappa shape index (κ3) is 3.36. The quantitative estimate of drug-likeness (QED) is 0.881. The Balaban J connectivity index is 1.32. The molecule has 2 aliphatic heterocycles. The van der Waals surface area contributed by atoms with Crippen LogP contribution in [0.5, 0.6) is 0 Å². The van der Waals surface area contributed by atoms with Gasteiger partial charge in [-0.3, -0.25) is 14.4 Å². The molecule has 2 fully saturated rings. The van der Waals surface area contributed by atoms with Gasteiger partial charge in [-0.15, -0.1) is 11.3 Å². The Morgan fingerprint density at radius 2 is 2.32 bits per heavy atom. The van der Waals surface area contributed by atoms with Crippen LogP contribution in [0.4, 0.5) is 0 Å². The molecule has 0 aliphatic carbocycles. The first-order chi connectivity index (χ1) is 12.1. The molecule has 0 saturated carbocycles. The molecule has 2 aliphatic rings. The normalized spacial score (nSPS) is 26.1. The second-order valence-electron chi connectivity index (χ2n) is 7.07. The maximum Gasteiger partial charge on any atom is 0.269 e. The van der Waals surface area contributed by atoms with E-state index in [0.717, 1.165) is 26.2 Å². The molecule has 7 heteroatoms. The van der Waals surface area contributed by atoms with Gasteiger partial charge in [0, 0.05) is 56.1 Å². The number of hydrogen-bond donors (Lipinski definition) is 1. The number of aryl methyl sites for hydroxylation is 2. The van der Waals surface area contributed by atoms with E-state index in [4.69, 9.17) is 4.74 Å². The van der Waals surface area contributed by atoms with E-state index in [1.807, 2.05) is 11.3 Å². The molecule has 0 radical (unpaired) electrons. The molecule has 6 nitrogen and oxygen atoms in total. The Bertz CT molecular complexity index is 756. The van der Waals surface area contributed by atoms with E-state index in [2.05, 4.69) is 33.7 Å². The van der Waals surface area contributed by atoms with Crippen molar-refractivity contribution < 1.29 is 9.53 Å². The summed E-state index contributed by atoms with van der Waals surface area (Å²) in [6, 6.07) is 3.92. The SMILES string of the molecule is Cc1ccsc1CN1C[C@@H]2[C@@H](CNC(=O)c3ccnn3C)CO[C@@H]2C1. The molecule has 4 rings (SSSR count). The summed E-state index contributed by atoms with van der Waals surface area (Å²) < 4.78 is 7.61. The van der Waals surface area contributed by atoms with Crippen molar-refractivity contribution >= 4 is 17.2 Å². The van der Waals surface area contributed by atoms with Crippen molar-refractivity contribution in [1.29, 1.82) is 0 Å². The number of carbonyl (C=O) groups excluding carboxylic acids is 1. The van der Waals surface area contributed by atoms with Crippen LogP contribution in [-0.2, 0) is 18.3 Å². The average Bonchev–Trinajstić information content (AvgIpc) is 3.33. The zero-order chi connectivity index (χ0) is 17.4. The van der Waals surface area contributed by atoms with Crippen LogP contribution in [0.2, 0.25) is 0 Å². The number of thiophene rings is 1. The summed E-state index contributed by atoms with van der Waals surface area (Å²) >= 11 is 1.83. The van der Waals surface area contributed by atoms with E-state index in [1.54, 1.807) is 24.0 Å². The predicted octanol–water partition coefficient (Wildman–Crippen LogP) is 1.67. The highest BCUT2D eigenvalue weighted by Gasteiger charge is 2.43. The number of fused-ring (bicyclic) bond motifs is 1. The second kappa shape index (κ2) is 6.90. The molecular formula is C18H24N4O2S. The van der Waals surface area contributed by atoms with Gasteiger partial charge in [0.25, 0.3) is 5.91 Å². The van der Waals surface area contributed by atoms with E-state index < -0.39 is 0 Å². The van der Waals surface area contributed by atoms with Gasteiger partial charge < -0.3 is 10.1 Å². The number of ether oxygens (including phenoxy) is 1. The fourth-order valence-corrected chi connectivity index (χ4v) is 4.85. The summed E-state index contributed by atoms with van der Waals surface area (Å²) in [5.41, 5.74) is 1.97. The minimum Gasteiger partial charge on any atom is -0.376 e. The van der Waals surface area contributed by atoms with Gasteiger partial charge in [-0.1, -0.05) is 0 Å². The first kappa shape index (κ1) is 16.8. The van der Waals surface area contributed by atoms with Crippen molar-refractivity contribution in [2.24, 2.45) is 18.9 Å². The van der Waals surface area contributed by atoms with Crippen molar-refractivity contribution in [3.8, 4) is 0 Å². The topological polar surface area (TPSA) is 59.4 Å². The first-order valence-electron chi connectivity index (χ1n) is 8.75. The number of likely N-dealkylation sites (tertiary alicyclic amines) is 1. The minimum atomic E-state index is -0.0625. The number of amides is 1. The zero-order valence-electron chi connectivity index (χ0n) is 14.6. The van der Waals surface area contributed by atoms with Crippen LogP contribution in [-0.4, -0.2) is 52.9 Å². The molecule has 0 unspecified atom stereocenters. The Hall–Kier alpha value is -1.70. The molecule has 2 saturated heterocycles. The lowest BCUT2D eigenvalue weighted by Crippen LogP contribution is -2.35. The molecule has 134 valence electrons. The molecule has 0 aromatic carbocycles. The Morgan fingerprint density at radius 1 is 1.44 bits per heavy atom. The fourth-order valence-electron chi connectivity index (χ4n) is 3.90. The summed E-state index contributed by atoms with van der Waals surface area (Å²) in [5, 5.41) is 9.26. The van der Waals surface area contributed by atoms with Gasteiger partial charge in [0.05, 0.1) is 12.7 Å². The Labute approximate surface area is 151 Å².